The number of nitrogens with one attached hydrogen (secondary N) is 2. The largest absolute Gasteiger partial charge is 0.497 e. The standard InChI is InChI=1S/C21H32N4O2.HI/c1-14-7-16(10-18(8-14)27-4)12-22-21(23-13-20(26)25(2)3)24-19-11-15-5-6-17(19)9-15;/h7-8,10,15,17,19H,5-6,9,11-13H2,1-4H3,(H2,22,23,24);1H. The molecule has 2 aliphatic carbocycles. The number of aryl methyl sites for hydroxylation is 1. The maximum Gasteiger partial charge on any atom is 0.241 e. The van der Waals surface area contributed by atoms with Gasteiger partial charge in [0.05, 0.1) is 20.2 Å². The van der Waals surface area contributed by atoms with Gasteiger partial charge in [0.1, 0.15) is 5.75 Å². The van der Waals surface area contributed by atoms with E-state index in [2.05, 4.69) is 23.6 Å². The second-order valence-electron chi connectivity index (χ2n) is 8.09. The van der Waals surface area contributed by atoms with Crippen LogP contribution in [0.2, 0.25) is 0 Å². The number of amides is 1. The van der Waals surface area contributed by atoms with Crippen LogP contribution in [0.1, 0.15) is 36.8 Å². The van der Waals surface area contributed by atoms with Gasteiger partial charge in [-0.1, -0.05) is 12.5 Å². The Morgan fingerprint density at radius 3 is 2.64 bits per heavy atom. The van der Waals surface area contributed by atoms with Crippen molar-refractivity contribution in [3.8, 4) is 5.75 Å². The van der Waals surface area contributed by atoms with E-state index in [1.165, 1.54) is 25.7 Å². The van der Waals surface area contributed by atoms with Crippen LogP contribution >= 0.6 is 24.0 Å². The van der Waals surface area contributed by atoms with Crippen LogP contribution in [0.25, 0.3) is 0 Å². The van der Waals surface area contributed by atoms with Gasteiger partial charge in [-0.05, 0) is 61.3 Å². The summed E-state index contributed by atoms with van der Waals surface area (Å²) in [5, 5.41) is 6.81. The number of carbonyl (C=O) groups excluding carboxylic acids is 1. The fraction of sp³-hybridized carbons (Fsp3) is 0.619. The first-order valence-electron chi connectivity index (χ1n) is 9.84. The average molecular weight is 500 g/mol. The smallest absolute Gasteiger partial charge is 0.241 e. The molecule has 1 aromatic rings. The summed E-state index contributed by atoms with van der Waals surface area (Å²) in [4.78, 5) is 18.3. The molecule has 3 unspecified atom stereocenters. The summed E-state index contributed by atoms with van der Waals surface area (Å²) in [5.74, 6) is 3.21. The van der Waals surface area contributed by atoms with Crippen molar-refractivity contribution >= 4 is 35.8 Å². The molecule has 1 amide bonds. The number of carbonyl (C=O) groups is 1. The number of hydrogen-bond acceptors (Lipinski definition) is 3. The molecular weight excluding hydrogens is 467 g/mol. The van der Waals surface area contributed by atoms with Gasteiger partial charge in [0.25, 0.3) is 0 Å². The summed E-state index contributed by atoms with van der Waals surface area (Å²) in [5.41, 5.74) is 2.25. The highest BCUT2D eigenvalue weighted by Gasteiger charge is 2.39. The number of nitrogens with zero attached hydrogens (tertiary/aromatic N) is 2. The molecule has 1 aromatic carbocycles. The zero-order valence-corrected chi connectivity index (χ0v) is 19.7. The summed E-state index contributed by atoms with van der Waals surface area (Å²) in [6.45, 7) is 2.85. The average Bonchev–Trinajstić information content (AvgIpc) is 3.26. The second kappa shape index (κ2) is 10.3. The Morgan fingerprint density at radius 2 is 2.04 bits per heavy atom. The highest BCUT2D eigenvalue weighted by molar-refractivity contribution is 14.0. The van der Waals surface area contributed by atoms with Crippen molar-refractivity contribution in [2.45, 2.75) is 45.2 Å². The zero-order valence-electron chi connectivity index (χ0n) is 17.3. The fourth-order valence-corrected chi connectivity index (χ4v) is 4.27. The van der Waals surface area contributed by atoms with Crippen molar-refractivity contribution in [3.63, 3.8) is 0 Å². The Hall–Kier alpha value is -1.51. The maximum absolute atomic E-state index is 12.0. The lowest BCUT2D eigenvalue weighted by molar-refractivity contribution is -0.127. The third-order valence-electron chi connectivity index (χ3n) is 5.73. The molecule has 28 heavy (non-hydrogen) atoms. The van der Waals surface area contributed by atoms with Gasteiger partial charge in [-0.2, -0.15) is 0 Å². The second-order valence-corrected chi connectivity index (χ2v) is 8.09. The minimum absolute atomic E-state index is 0. The van der Waals surface area contributed by atoms with Crippen LogP contribution in [-0.4, -0.2) is 50.6 Å². The normalized spacial score (nSPS) is 23.1. The third kappa shape index (κ3) is 5.99. The summed E-state index contributed by atoms with van der Waals surface area (Å²) in [7, 11) is 5.21. The van der Waals surface area contributed by atoms with E-state index < -0.39 is 0 Å². The molecule has 0 saturated heterocycles. The molecule has 0 aliphatic heterocycles. The first-order chi connectivity index (χ1) is 12.9. The van der Waals surface area contributed by atoms with Gasteiger partial charge in [0.2, 0.25) is 5.91 Å². The number of rotatable bonds is 6. The van der Waals surface area contributed by atoms with Gasteiger partial charge < -0.3 is 20.3 Å². The fourth-order valence-electron chi connectivity index (χ4n) is 4.27. The van der Waals surface area contributed by atoms with E-state index in [1.807, 2.05) is 12.1 Å². The first kappa shape index (κ1) is 22.8. The Kier molecular flexibility index (Phi) is 8.39. The van der Waals surface area contributed by atoms with Crippen LogP contribution in [0.4, 0.5) is 0 Å². The molecular formula is C21H33IN4O2. The summed E-state index contributed by atoms with van der Waals surface area (Å²) >= 11 is 0. The number of halogens is 1. The molecule has 3 rings (SSSR count). The van der Waals surface area contributed by atoms with Crippen LogP contribution in [0, 0.1) is 18.8 Å². The molecule has 2 saturated carbocycles. The SMILES string of the molecule is COc1cc(C)cc(CN=C(NCC(=O)N(C)C)NC2CC3CCC2C3)c1.I. The van der Waals surface area contributed by atoms with Crippen molar-refractivity contribution in [2.75, 3.05) is 27.7 Å². The molecule has 2 aliphatic rings. The Bertz CT molecular complexity index is 708. The zero-order chi connectivity index (χ0) is 19.4. The van der Waals surface area contributed by atoms with E-state index in [9.17, 15) is 4.79 Å². The Morgan fingerprint density at radius 1 is 1.25 bits per heavy atom. The minimum Gasteiger partial charge on any atom is -0.497 e. The number of benzene rings is 1. The summed E-state index contributed by atoms with van der Waals surface area (Å²) in [6, 6.07) is 6.61. The van der Waals surface area contributed by atoms with Crippen LogP contribution in [0.3, 0.4) is 0 Å². The molecule has 0 spiro atoms. The monoisotopic (exact) mass is 500 g/mol. The van der Waals surface area contributed by atoms with Gasteiger partial charge in [-0.25, -0.2) is 4.99 Å². The molecule has 3 atom stereocenters. The molecule has 156 valence electrons. The van der Waals surface area contributed by atoms with E-state index in [1.54, 1.807) is 26.1 Å². The molecule has 0 radical (unpaired) electrons. The minimum atomic E-state index is 0. The lowest BCUT2D eigenvalue weighted by Crippen LogP contribution is -2.48. The number of methoxy groups -OCH3 is 1. The molecule has 2 N–H and O–H groups in total. The van der Waals surface area contributed by atoms with Gasteiger partial charge >= 0.3 is 0 Å². The molecule has 0 aromatic heterocycles. The highest BCUT2D eigenvalue weighted by atomic mass is 127. The van der Waals surface area contributed by atoms with Gasteiger partial charge in [0.15, 0.2) is 5.96 Å². The van der Waals surface area contributed by atoms with E-state index in [-0.39, 0.29) is 36.4 Å². The number of aliphatic imine (C=N–C) groups is 1. The van der Waals surface area contributed by atoms with E-state index in [0.717, 1.165) is 34.7 Å². The van der Waals surface area contributed by atoms with Crippen molar-refractivity contribution in [2.24, 2.45) is 16.8 Å². The van der Waals surface area contributed by atoms with Crippen molar-refractivity contribution in [3.05, 3.63) is 29.3 Å². The summed E-state index contributed by atoms with van der Waals surface area (Å²) < 4.78 is 5.36. The van der Waals surface area contributed by atoms with Crippen LogP contribution in [0.5, 0.6) is 5.75 Å². The molecule has 0 heterocycles. The first-order valence-corrected chi connectivity index (χ1v) is 9.84. The number of likely N-dealkylation sites (N-methyl/N-ethyl adjacent to an activating group) is 1. The lowest BCUT2D eigenvalue weighted by atomic mass is 9.95. The summed E-state index contributed by atoms with van der Waals surface area (Å²) in [6.07, 6.45) is 5.22. The van der Waals surface area contributed by atoms with E-state index in [4.69, 9.17) is 9.73 Å². The molecule has 7 heteroatoms. The van der Waals surface area contributed by atoms with Crippen LogP contribution < -0.4 is 15.4 Å². The number of ether oxygens (including phenoxy) is 1. The lowest BCUT2D eigenvalue weighted by Gasteiger charge is -2.25. The number of hydrogen-bond donors (Lipinski definition) is 2. The number of guanidine groups is 1. The Labute approximate surface area is 185 Å². The maximum atomic E-state index is 12.0. The Balaban J connectivity index is 0.00000280. The highest BCUT2D eigenvalue weighted by Crippen LogP contribution is 2.44. The van der Waals surface area contributed by atoms with E-state index >= 15 is 0 Å². The van der Waals surface area contributed by atoms with Gasteiger partial charge in [0, 0.05) is 20.1 Å². The molecule has 6 nitrogen and oxygen atoms in total. The van der Waals surface area contributed by atoms with Crippen molar-refractivity contribution in [1.82, 2.24) is 15.5 Å². The van der Waals surface area contributed by atoms with Gasteiger partial charge in [-0.15, -0.1) is 24.0 Å². The third-order valence-corrected chi connectivity index (χ3v) is 5.73. The molecule has 2 bridgehead atoms. The van der Waals surface area contributed by atoms with Crippen LogP contribution in [-0.2, 0) is 11.3 Å². The topological polar surface area (TPSA) is 66.0 Å². The predicted octanol–water partition coefficient (Wildman–Crippen LogP) is 2.93. The number of fused-ring (bicyclic) bond motifs is 2. The predicted molar refractivity (Wildman–Crippen MR) is 123 cm³/mol. The van der Waals surface area contributed by atoms with Crippen molar-refractivity contribution < 1.29 is 9.53 Å². The van der Waals surface area contributed by atoms with E-state index in [0.29, 0.717) is 12.6 Å². The molecule has 2 fully saturated rings. The van der Waals surface area contributed by atoms with Gasteiger partial charge in [-0.3, -0.25) is 4.79 Å². The quantitative estimate of drug-likeness (QED) is 0.358. The van der Waals surface area contributed by atoms with Crippen LogP contribution in [0.15, 0.2) is 23.2 Å². The van der Waals surface area contributed by atoms with Crippen molar-refractivity contribution in [1.29, 1.82) is 0 Å².